The smallest absolute Gasteiger partial charge is 0.325 e. The number of aromatic nitrogens is 2. The molecular weight excluding hydrogens is 422 g/mol. The molecule has 2 aromatic heterocycles. The Morgan fingerprint density at radius 1 is 1.06 bits per heavy atom. The van der Waals surface area contributed by atoms with Crippen LogP contribution in [-0.4, -0.2) is 52.1 Å². The van der Waals surface area contributed by atoms with Gasteiger partial charge >= 0.3 is 5.97 Å². The first kappa shape index (κ1) is 20.3. The summed E-state index contributed by atoms with van der Waals surface area (Å²) in [6.07, 6.45) is 6.13. The third-order valence-corrected chi connectivity index (χ3v) is 7.40. The Labute approximate surface area is 182 Å². The fourth-order valence-electron chi connectivity index (χ4n) is 4.70. The molecule has 1 N–H and O–H groups in total. The number of carboxylic acids is 1. The summed E-state index contributed by atoms with van der Waals surface area (Å²) in [5.74, 6) is -2.17. The van der Waals surface area contributed by atoms with Gasteiger partial charge in [0, 0.05) is 31.1 Å². The quantitative estimate of drug-likeness (QED) is 0.660. The third-order valence-electron chi connectivity index (χ3n) is 6.20. The molecule has 3 heterocycles. The van der Waals surface area contributed by atoms with Crippen molar-refractivity contribution in [1.82, 2.24) is 14.9 Å². The van der Waals surface area contributed by atoms with Crippen LogP contribution in [0.5, 0.6) is 0 Å². The molecule has 1 fully saturated rings. The van der Waals surface area contributed by atoms with E-state index in [2.05, 4.69) is 14.9 Å². The van der Waals surface area contributed by atoms with E-state index < -0.39 is 23.6 Å². The number of piperazine rings is 1. The Bertz CT molecular complexity index is 1140. The van der Waals surface area contributed by atoms with Crippen LogP contribution >= 0.6 is 11.3 Å². The Morgan fingerprint density at radius 2 is 1.84 bits per heavy atom. The van der Waals surface area contributed by atoms with Gasteiger partial charge in [-0.1, -0.05) is 6.07 Å². The molecule has 1 unspecified atom stereocenters. The number of hydrogen-bond acceptors (Lipinski definition) is 6. The monoisotopic (exact) mass is 444 g/mol. The molecule has 0 amide bonds. The lowest BCUT2D eigenvalue weighted by molar-refractivity contribution is -0.143. The zero-order valence-electron chi connectivity index (χ0n) is 16.9. The van der Waals surface area contributed by atoms with E-state index in [1.807, 2.05) is 0 Å². The highest BCUT2D eigenvalue weighted by Gasteiger charge is 2.32. The van der Waals surface area contributed by atoms with E-state index in [0.717, 1.165) is 41.0 Å². The number of aryl methyl sites for hydroxylation is 2. The van der Waals surface area contributed by atoms with Crippen molar-refractivity contribution >= 4 is 33.3 Å². The molecule has 0 saturated carbocycles. The SMILES string of the molecule is O=C(O)C(c1ccc(F)c(F)c1)N1CCN(c2ncnc3sc4c(c23)CCCC4)CC1. The summed E-state index contributed by atoms with van der Waals surface area (Å²) in [5.41, 5.74) is 1.62. The number of fused-ring (bicyclic) bond motifs is 3. The van der Waals surface area contributed by atoms with Gasteiger partial charge in [-0.05, 0) is 48.9 Å². The molecule has 1 aromatic carbocycles. The highest BCUT2D eigenvalue weighted by Crippen LogP contribution is 2.39. The van der Waals surface area contributed by atoms with E-state index in [-0.39, 0.29) is 5.56 Å². The molecule has 162 valence electrons. The van der Waals surface area contributed by atoms with Crippen molar-refractivity contribution in [3.63, 3.8) is 0 Å². The van der Waals surface area contributed by atoms with E-state index in [4.69, 9.17) is 0 Å². The molecule has 3 aromatic rings. The summed E-state index contributed by atoms with van der Waals surface area (Å²) in [7, 11) is 0. The predicted octanol–water partition coefficient (Wildman–Crippen LogP) is 3.80. The van der Waals surface area contributed by atoms with Crippen LogP contribution in [0.4, 0.5) is 14.6 Å². The Balaban J connectivity index is 1.39. The zero-order chi connectivity index (χ0) is 21.5. The molecular formula is C22H22F2N4O2S. The van der Waals surface area contributed by atoms with Crippen molar-refractivity contribution in [1.29, 1.82) is 0 Å². The van der Waals surface area contributed by atoms with Crippen molar-refractivity contribution in [3.05, 3.63) is 52.2 Å². The number of halogens is 2. The molecule has 1 atom stereocenters. The number of anilines is 1. The molecule has 1 aliphatic heterocycles. The van der Waals surface area contributed by atoms with Crippen molar-refractivity contribution < 1.29 is 18.7 Å². The van der Waals surface area contributed by atoms with Gasteiger partial charge in [0.2, 0.25) is 0 Å². The lowest BCUT2D eigenvalue weighted by atomic mass is 9.97. The average Bonchev–Trinajstić information content (AvgIpc) is 3.15. The second-order valence-electron chi connectivity index (χ2n) is 8.03. The number of aliphatic carboxylic acids is 1. The minimum absolute atomic E-state index is 0.246. The van der Waals surface area contributed by atoms with Gasteiger partial charge in [-0.3, -0.25) is 9.69 Å². The van der Waals surface area contributed by atoms with Crippen LogP contribution < -0.4 is 4.90 Å². The van der Waals surface area contributed by atoms with Crippen molar-refractivity contribution in [2.75, 3.05) is 31.1 Å². The molecule has 1 saturated heterocycles. The normalized spacial score (nSPS) is 18.2. The number of rotatable bonds is 4. The maximum absolute atomic E-state index is 13.7. The van der Waals surface area contributed by atoms with Crippen LogP contribution in [0, 0.1) is 11.6 Å². The molecule has 0 bridgehead atoms. The average molecular weight is 445 g/mol. The van der Waals surface area contributed by atoms with Gasteiger partial charge in [0.05, 0.1) is 5.39 Å². The van der Waals surface area contributed by atoms with Crippen molar-refractivity contribution in [2.24, 2.45) is 0 Å². The van der Waals surface area contributed by atoms with E-state index in [1.165, 1.54) is 29.3 Å². The second-order valence-corrected chi connectivity index (χ2v) is 9.11. The Kier molecular flexibility index (Phi) is 5.31. The Morgan fingerprint density at radius 3 is 2.58 bits per heavy atom. The van der Waals surface area contributed by atoms with Gasteiger partial charge in [-0.25, -0.2) is 18.7 Å². The lowest BCUT2D eigenvalue weighted by Gasteiger charge is -2.38. The molecule has 9 heteroatoms. The second kappa shape index (κ2) is 8.12. The van der Waals surface area contributed by atoms with Crippen LogP contribution in [0.2, 0.25) is 0 Å². The van der Waals surface area contributed by atoms with Gasteiger partial charge in [0.25, 0.3) is 0 Å². The fraction of sp³-hybridized carbons (Fsp3) is 0.409. The summed E-state index contributed by atoms with van der Waals surface area (Å²) >= 11 is 1.75. The van der Waals surface area contributed by atoms with Gasteiger partial charge in [-0.15, -0.1) is 11.3 Å². The molecule has 2 aliphatic rings. The summed E-state index contributed by atoms with van der Waals surface area (Å²) in [5, 5.41) is 10.9. The molecule has 0 radical (unpaired) electrons. The molecule has 5 rings (SSSR count). The van der Waals surface area contributed by atoms with Crippen molar-refractivity contribution in [3.8, 4) is 0 Å². The number of nitrogens with zero attached hydrogens (tertiary/aromatic N) is 4. The lowest BCUT2D eigenvalue weighted by Crippen LogP contribution is -2.49. The number of carboxylic acid groups (broad SMARTS) is 1. The predicted molar refractivity (Wildman–Crippen MR) is 115 cm³/mol. The molecule has 0 spiro atoms. The van der Waals surface area contributed by atoms with Gasteiger partial charge < -0.3 is 10.0 Å². The van der Waals surface area contributed by atoms with Gasteiger partial charge in [0.15, 0.2) is 11.6 Å². The minimum Gasteiger partial charge on any atom is -0.480 e. The van der Waals surface area contributed by atoms with Crippen LogP contribution in [-0.2, 0) is 17.6 Å². The fourth-order valence-corrected chi connectivity index (χ4v) is 5.92. The van der Waals surface area contributed by atoms with E-state index >= 15 is 0 Å². The standard InChI is InChI=1S/C22H22F2N4O2S/c23-15-6-5-13(11-16(15)24)19(22(29)30)27-7-9-28(10-8-27)20-18-14-3-1-2-4-17(14)31-21(18)26-12-25-20/h5-6,11-12,19H,1-4,7-10H2,(H,29,30). The van der Waals surface area contributed by atoms with Gasteiger partial charge in [-0.2, -0.15) is 0 Å². The maximum atomic E-state index is 13.7. The Hall–Kier alpha value is -2.65. The molecule has 1 aliphatic carbocycles. The van der Waals surface area contributed by atoms with Crippen LogP contribution in [0.1, 0.15) is 34.9 Å². The number of benzene rings is 1. The molecule has 31 heavy (non-hydrogen) atoms. The third kappa shape index (κ3) is 3.65. The van der Waals surface area contributed by atoms with Crippen LogP contribution in [0.15, 0.2) is 24.5 Å². The minimum atomic E-state index is -1.07. The van der Waals surface area contributed by atoms with Gasteiger partial charge in [0.1, 0.15) is 23.0 Å². The van der Waals surface area contributed by atoms with E-state index in [1.54, 1.807) is 22.6 Å². The first-order chi connectivity index (χ1) is 15.0. The summed E-state index contributed by atoms with van der Waals surface area (Å²) < 4.78 is 27.0. The number of hydrogen-bond donors (Lipinski definition) is 1. The number of thiophene rings is 1. The van der Waals surface area contributed by atoms with E-state index in [0.29, 0.717) is 26.2 Å². The molecule has 6 nitrogen and oxygen atoms in total. The highest BCUT2D eigenvalue weighted by molar-refractivity contribution is 7.19. The summed E-state index contributed by atoms with van der Waals surface area (Å²) in [4.78, 5) is 27.4. The van der Waals surface area contributed by atoms with Crippen LogP contribution in [0.3, 0.4) is 0 Å². The maximum Gasteiger partial charge on any atom is 0.325 e. The zero-order valence-corrected chi connectivity index (χ0v) is 17.7. The topological polar surface area (TPSA) is 69.6 Å². The summed E-state index contributed by atoms with van der Waals surface area (Å²) in [6.45, 7) is 2.16. The largest absolute Gasteiger partial charge is 0.480 e. The highest BCUT2D eigenvalue weighted by atomic mass is 32.1. The van der Waals surface area contributed by atoms with Crippen LogP contribution in [0.25, 0.3) is 10.2 Å². The first-order valence-corrected chi connectivity index (χ1v) is 11.3. The first-order valence-electron chi connectivity index (χ1n) is 10.4. The van der Waals surface area contributed by atoms with Crippen molar-refractivity contribution in [2.45, 2.75) is 31.7 Å². The number of carbonyl (C=O) groups is 1. The summed E-state index contributed by atoms with van der Waals surface area (Å²) in [6, 6.07) is 2.28. The van der Waals surface area contributed by atoms with E-state index in [9.17, 15) is 18.7 Å².